The van der Waals surface area contributed by atoms with E-state index in [-0.39, 0.29) is 48.2 Å². The first-order valence-corrected chi connectivity index (χ1v) is 15.0. The quantitative estimate of drug-likeness (QED) is 0.0633. The number of alkyl halides is 6. The van der Waals surface area contributed by atoms with Crippen LogP contribution in [0.25, 0.3) is 65.5 Å². The number of carbonyl (C=O) groups excluding carboxylic acids is 1. The molecule has 0 saturated carbocycles. The van der Waals surface area contributed by atoms with E-state index >= 15 is 0 Å². The maximum atomic E-state index is 14.0. The Balaban J connectivity index is 0.000000553. The van der Waals surface area contributed by atoms with E-state index in [1.165, 1.54) is 38.1 Å². The molecule has 255 valence electrons. The van der Waals surface area contributed by atoms with Gasteiger partial charge in [-0.1, -0.05) is 83.7 Å². The fraction of sp³-hybridized carbons (Fsp3) is 0.100. The summed E-state index contributed by atoms with van der Waals surface area (Å²) in [5.41, 5.74) is -0.277. The number of allylic oxidation sites excluding steroid dienone is 2. The summed E-state index contributed by atoms with van der Waals surface area (Å²) in [6.45, 7) is 2.85. The second kappa shape index (κ2) is 14.1. The normalized spacial score (nSPS) is 12.1. The number of benzene rings is 6. The average molecular weight is 859 g/mol. The van der Waals surface area contributed by atoms with Crippen molar-refractivity contribution in [3.8, 4) is 22.4 Å². The van der Waals surface area contributed by atoms with Gasteiger partial charge in [-0.05, 0) is 81.1 Å². The monoisotopic (exact) mass is 859 g/mol. The van der Waals surface area contributed by atoms with Crippen molar-refractivity contribution in [1.29, 1.82) is 0 Å². The van der Waals surface area contributed by atoms with E-state index in [4.69, 9.17) is 5.11 Å². The maximum Gasteiger partial charge on any atom is 0.417 e. The number of aliphatic hydroxyl groups excluding tert-OH is 1. The van der Waals surface area contributed by atoms with Gasteiger partial charge >= 0.3 is 12.4 Å². The van der Waals surface area contributed by atoms with Gasteiger partial charge in [-0.25, -0.2) is 0 Å². The van der Waals surface area contributed by atoms with Gasteiger partial charge in [-0.3, -0.25) is 9.78 Å². The van der Waals surface area contributed by atoms with Crippen LogP contribution in [-0.2, 0) is 37.3 Å². The van der Waals surface area contributed by atoms with Crippen LogP contribution in [0, 0.1) is 6.07 Å². The number of fused-ring (bicyclic) bond motifs is 6. The van der Waals surface area contributed by atoms with E-state index < -0.39 is 23.5 Å². The molecule has 0 aliphatic heterocycles. The summed E-state index contributed by atoms with van der Waals surface area (Å²) in [4.78, 5) is 14.5. The van der Waals surface area contributed by atoms with Crippen LogP contribution in [-0.4, -0.2) is 15.9 Å². The molecule has 0 saturated heterocycles. The molecule has 7 rings (SSSR count). The summed E-state index contributed by atoms with van der Waals surface area (Å²) in [5.74, 6) is -0.0625. The van der Waals surface area contributed by atoms with Gasteiger partial charge in [0.25, 0.3) is 0 Å². The second-order valence-corrected chi connectivity index (χ2v) is 11.5. The van der Waals surface area contributed by atoms with Gasteiger partial charge in [0.1, 0.15) is 0 Å². The van der Waals surface area contributed by atoms with E-state index in [1.54, 1.807) is 48.7 Å². The molecule has 1 N–H and O–H groups in total. The van der Waals surface area contributed by atoms with Crippen molar-refractivity contribution >= 4 is 48.9 Å². The Morgan fingerprint density at radius 2 is 1.28 bits per heavy atom. The van der Waals surface area contributed by atoms with Crippen molar-refractivity contribution in [3.63, 3.8) is 0 Å². The largest absolute Gasteiger partial charge is 0.512 e. The molecule has 0 atom stereocenters. The molecule has 1 aromatic heterocycles. The van der Waals surface area contributed by atoms with E-state index in [0.717, 1.165) is 39.1 Å². The van der Waals surface area contributed by atoms with Crippen LogP contribution in [0.15, 0.2) is 121 Å². The Bertz CT molecular complexity index is 2430. The van der Waals surface area contributed by atoms with E-state index in [2.05, 4.69) is 11.1 Å². The fourth-order valence-corrected chi connectivity index (χ4v) is 6.06. The number of rotatable bonds is 3. The van der Waals surface area contributed by atoms with Crippen molar-refractivity contribution in [2.75, 3.05) is 0 Å². The Kier molecular flexibility index (Phi) is 10.2. The predicted octanol–water partition coefficient (Wildman–Crippen LogP) is 11.9. The van der Waals surface area contributed by atoms with Crippen LogP contribution >= 0.6 is 0 Å². The van der Waals surface area contributed by atoms with Gasteiger partial charge in [0.05, 0.1) is 11.3 Å². The zero-order valence-corrected chi connectivity index (χ0v) is 28.8. The molecule has 6 aromatic carbocycles. The van der Waals surface area contributed by atoms with Crippen LogP contribution in [0.1, 0.15) is 25.0 Å². The van der Waals surface area contributed by atoms with E-state index in [1.807, 2.05) is 30.3 Å². The van der Waals surface area contributed by atoms with Gasteiger partial charge in [-0.2, -0.15) is 26.3 Å². The number of hydrogen-bond acceptors (Lipinski definition) is 3. The molecular weight excluding hydrogens is 833 g/mol. The minimum atomic E-state index is -4.56. The topological polar surface area (TPSA) is 50.2 Å². The third-order valence-electron chi connectivity index (χ3n) is 8.05. The Hall–Kier alpha value is -5.05. The van der Waals surface area contributed by atoms with Gasteiger partial charge < -0.3 is 5.11 Å². The Morgan fingerprint density at radius 1 is 0.680 bits per heavy atom. The molecule has 3 nitrogen and oxygen atoms in total. The summed E-state index contributed by atoms with van der Waals surface area (Å²) >= 11 is 0. The summed E-state index contributed by atoms with van der Waals surface area (Å²) in [6.07, 6.45) is -6.31. The second-order valence-electron chi connectivity index (χ2n) is 11.5. The predicted molar refractivity (Wildman–Crippen MR) is 181 cm³/mol. The van der Waals surface area contributed by atoms with Crippen molar-refractivity contribution < 1.29 is 56.3 Å². The van der Waals surface area contributed by atoms with Crippen LogP contribution in [0.4, 0.5) is 26.3 Å². The molecule has 1 heterocycles. The van der Waals surface area contributed by atoms with Crippen LogP contribution < -0.4 is 0 Å². The first-order chi connectivity index (χ1) is 23.2. The molecule has 0 bridgehead atoms. The summed E-state index contributed by atoms with van der Waals surface area (Å²) < 4.78 is 83.0. The third kappa shape index (κ3) is 7.27. The average Bonchev–Trinajstić information content (AvgIpc) is 3.05. The fourth-order valence-electron chi connectivity index (χ4n) is 6.06. The Morgan fingerprint density at radius 3 is 1.96 bits per heavy atom. The SMILES string of the molecule is CC(=O)/C=C(/C)O.FC(F)(F)c1ccccc1-c1ccc2c(ccc3c4ccnc(-c5[c-]c6ccccc6c(C(F)(F)F)c5)c4ccc23)c1.[Ir]. The number of nitrogens with zero attached hydrogens (tertiary/aromatic N) is 1. The molecular formula is C40H26F6IrNO2-. The molecule has 0 fully saturated rings. The number of ketones is 1. The number of pyridine rings is 1. The maximum absolute atomic E-state index is 14.0. The molecule has 0 aliphatic carbocycles. The molecule has 1 radical (unpaired) electrons. The van der Waals surface area contributed by atoms with Crippen molar-refractivity contribution in [3.05, 3.63) is 138 Å². The minimum Gasteiger partial charge on any atom is -0.512 e. The first kappa shape index (κ1) is 36.2. The molecule has 0 spiro atoms. The molecule has 0 amide bonds. The number of halogens is 6. The summed E-state index contributed by atoms with van der Waals surface area (Å²) in [7, 11) is 0. The van der Waals surface area contributed by atoms with Crippen molar-refractivity contribution in [1.82, 2.24) is 4.98 Å². The first-order valence-electron chi connectivity index (χ1n) is 15.0. The van der Waals surface area contributed by atoms with Gasteiger partial charge in [0, 0.05) is 38.1 Å². The zero-order valence-electron chi connectivity index (χ0n) is 26.4. The van der Waals surface area contributed by atoms with Gasteiger partial charge in [0.15, 0.2) is 5.78 Å². The van der Waals surface area contributed by atoms with Crippen molar-refractivity contribution in [2.24, 2.45) is 0 Å². The molecule has 10 heteroatoms. The molecule has 50 heavy (non-hydrogen) atoms. The number of aromatic nitrogens is 1. The van der Waals surface area contributed by atoms with Gasteiger partial charge in [0.2, 0.25) is 0 Å². The molecule has 0 aliphatic rings. The Labute approximate surface area is 296 Å². The number of aliphatic hydroxyl groups is 1. The number of carbonyl (C=O) groups is 1. The van der Waals surface area contributed by atoms with Gasteiger partial charge in [-0.15, -0.1) is 23.6 Å². The van der Waals surface area contributed by atoms with Crippen LogP contribution in [0.3, 0.4) is 0 Å². The van der Waals surface area contributed by atoms with Crippen LogP contribution in [0.2, 0.25) is 0 Å². The smallest absolute Gasteiger partial charge is 0.417 e. The van der Waals surface area contributed by atoms with E-state index in [0.29, 0.717) is 22.0 Å². The third-order valence-corrected chi connectivity index (χ3v) is 8.05. The standard InChI is InChI=1S/C35H18F6N.C5H8O2.Ir/c36-34(37,38)31-8-4-3-6-25(31)22-9-11-24-21(17-22)10-12-28-27(24)13-14-30-29(28)15-16-42-33(30)23-18-20-5-1-2-7-26(20)32(19-23)35(39,40)41;1-4(6)3-5(2)7;/h1-17,19H;3,6H,1-2H3;/q-1;;/b;4-3-;. The minimum absolute atomic E-state index is 0. The summed E-state index contributed by atoms with van der Waals surface area (Å²) in [6, 6.07) is 30.4. The molecule has 0 unspecified atom stereocenters. The van der Waals surface area contributed by atoms with E-state index in [9.17, 15) is 31.1 Å². The van der Waals surface area contributed by atoms with Crippen LogP contribution in [0.5, 0.6) is 0 Å². The van der Waals surface area contributed by atoms with Crippen molar-refractivity contribution in [2.45, 2.75) is 26.2 Å². The molecule has 7 aromatic rings. The zero-order chi connectivity index (χ0) is 35.1. The number of hydrogen-bond donors (Lipinski definition) is 1. The summed E-state index contributed by atoms with van der Waals surface area (Å²) in [5, 5.41) is 13.6.